The van der Waals surface area contributed by atoms with Gasteiger partial charge < -0.3 is 9.84 Å². The molecular weight excluding hydrogens is 176 g/mol. The first-order valence-electron chi connectivity index (χ1n) is 5.04. The van der Waals surface area contributed by atoms with Gasteiger partial charge in [-0.1, -0.05) is 30.3 Å². The van der Waals surface area contributed by atoms with Crippen molar-refractivity contribution in [3.8, 4) is 0 Å². The third-order valence-corrected chi connectivity index (χ3v) is 2.03. The first-order chi connectivity index (χ1) is 6.70. The topological polar surface area (TPSA) is 29.5 Å². The van der Waals surface area contributed by atoms with Crippen LogP contribution in [0.2, 0.25) is 0 Å². The monoisotopic (exact) mass is 194 g/mol. The summed E-state index contributed by atoms with van der Waals surface area (Å²) in [7, 11) is 0. The Kier molecular flexibility index (Phi) is 4.63. The largest absolute Gasteiger partial charge is 0.388 e. The van der Waals surface area contributed by atoms with Gasteiger partial charge >= 0.3 is 0 Å². The number of rotatable bonds is 5. The van der Waals surface area contributed by atoms with Crippen molar-refractivity contribution in [1.82, 2.24) is 0 Å². The van der Waals surface area contributed by atoms with Crippen LogP contribution in [0.5, 0.6) is 0 Å². The normalized spacial score (nSPS) is 13.1. The average molecular weight is 194 g/mol. The lowest BCUT2D eigenvalue weighted by Gasteiger charge is -2.12. The maximum atomic E-state index is 9.75. The molecule has 1 rings (SSSR count). The van der Waals surface area contributed by atoms with Crippen LogP contribution in [0.3, 0.4) is 0 Å². The summed E-state index contributed by atoms with van der Waals surface area (Å²) in [6, 6.07) is 9.67. The minimum atomic E-state index is -0.407. The van der Waals surface area contributed by atoms with Crippen LogP contribution in [-0.4, -0.2) is 17.8 Å². The zero-order valence-corrected chi connectivity index (χ0v) is 8.81. The van der Waals surface area contributed by atoms with Crippen molar-refractivity contribution < 1.29 is 9.84 Å². The molecule has 0 saturated carbocycles. The quantitative estimate of drug-likeness (QED) is 0.780. The van der Waals surface area contributed by atoms with Crippen molar-refractivity contribution in [2.75, 3.05) is 6.61 Å². The fraction of sp³-hybridized carbons (Fsp3) is 0.500. The van der Waals surface area contributed by atoms with Crippen molar-refractivity contribution in [3.63, 3.8) is 0 Å². The summed E-state index contributed by atoms with van der Waals surface area (Å²) in [6.07, 6.45) is 0.482. The zero-order chi connectivity index (χ0) is 10.4. The second-order valence-electron chi connectivity index (χ2n) is 3.63. The average Bonchev–Trinajstić information content (AvgIpc) is 2.18. The highest BCUT2D eigenvalue weighted by molar-refractivity contribution is 5.16. The van der Waals surface area contributed by atoms with Gasteiger partial charge in [-0.05, 0) is 19.4 Å². The summed E-state index contributed by atoms with van der Waals surface area (Å²) >= 11 is 0. The zero-order valence-electron chi connectivity index (χ0n) is 8.81. The van der Waals surface area contributed by atoms with Crippen molar-refractivity contribution in [1.29, 1.82) is 0 Å². The van der Waals surface area contributed by atoms with Crippen molar-refractivity contribution in [2.45, 2.75) is 32.5 Å². The molecular formula is C12H18O2. The van der Waals surface area contributed by atoms with Gasteiger partial charge in [0.05, 0.1) is 12.2 Å². The number of aliphatic hydroxyl groups excluding tert-OH is 1. The first kappa shape index (κ1) is 11.2. The van der Waals surface area contributed by atoms with Crippen LogP contribution in [0, 0.1) is 0 Å². The Balaban J connectivity index is 2.32. The summed E-state index contributed by atoms with van der Waals surface area (Å²) in [4.78, 5) is 0. The van der Waals surface area contributed by atoms with E-state index in [0.717, 1.165) is 5.56 Å². The van der Waals surface area contributed by atoms with Gasteiger partial charge in [0.15, 0.2) is 0 Å². The molecule has 1 unspecified atom stereocenters. The smallest absolute Gasteiger partial charge is 0.0812 e. The van der Waals surface area contributed by atoms with Gasteiger partial charge in [0.25, 0.3) is 0 Å². The first-order valence-corrected chi connectivity index (χ1v) is 5.04. The van der Waals surface area contributed by atoms with Crippen LogP contribution >= 0.6 is 0 Å². The molecule has 0 amide bonds. The Morgan fingerprint density at radius 3 is 2.43 bits per heavy atom. The molecule has 0 fully saturated rings. The SMILES string of the molecule is CC(C)OCCC(O)c1ccccc1. The van der Waals surface area contributed by atoms with Gasteiger partial charge in [0.1, 0.15) is 0 Å². The van der Waals surface area contributed by atoms with Crippen molar-refractivity contribution in [3.05, 3.63) is 35.9 Å². The number of hydrogen-bond acceptors (Lipinski definition) is 2. The minimum absolute atomic E-state index is 0.234. The van der Waals surface area contributed by atoms with E-state index in [1.54, 1.807) is 0 Å². The molecule has 0 aliphatic carbocycles. The molecule has 14 heavy (non-hydrogen) atoms. The summed E-state index contributed by atoms with van der Waals surface area (Å²) in [5, 5.41) is 9.75. The maximum absolute atomic E-state index is 9.75. The third kappa shape index (κ3) is 3.90. The molecule has 0 aliphatic heterocycles. The summed E-state index contributed by atoms with van der Waals surface area (Å²) in [5.41, 5.74) is 0.958. The van der Waals surface area contributed by atoms with E-state index in [2.05, 4.69) is 0 Å². The second kappa shape index (κ2) is 5.78. The van der Waals surface area contributed by atoms with E-state index in [0.29, 0.717) is 13.0 Å². The standard InChI is InChI=1S/C12H18O2/c1-10(2)14-9-8-12(13)11-6-4-3-5-7-11/h3-7,10,12-13H,8-9H2,1-2H3. The summed E-state index contributed by atoms with van der Waals surface area (Å²) in [5.74, 6) is 0. The van der Waals surface area contributed by atoms with E-state index in [4.69, 9.17) is 4.74 Å². The molecule has 0 aromatic heterocycles. The Morgan fingerprint density at radius 1 is 1.21 bits per heavy atom. The molecule has 78 valence electrons. The maximum Gasteiger partial charge on any atom is 0.0812 e. The minimum Gasteiger partial charge on any atom is -0.388 e. The van der Waals surface area contributed by atoms with E-state index < -0.39 is 6.10 Å². The lowest BCUT2D eigenvalue weighted by atomic mass is 10.1. The molecule has 0 heterocycles. The molecule has 1 aromatic rings. The van der Waals surface area contributed by atoms with Crippen LogP contribution in [0.25, 0.3) is 0 Å². The van der Waals surface area contributed by atoms with Crippen LogP contribution in [0.4, 0.5) is 0 Å². The number of aliphatic hydroxyl groups is 1. The number of ether oxygens (including phenoxy) is 1. The number of hydrogen-bond donors (Lipinski definition) is 1. The molecule has 0 saturated heterocycles. The highest BCUT2D eigenvalue weighted by Crippen LogP contribution is 2.15. The fourth-order valence-corrected chi connectivity index (χ4v) is 1.26. The van der Waals surface area contributed by atoms with Crippen molar-refractivity contribution in [2.24, 2.45) is 0 Å². The highest BCUT2D eigenvalue weighted by atomic mass is 16.5. The molecule has 2 heteroatoms. The van der Waals surface area contributed by atoms with E-state index in [-0.39, 0.29) is 6.10 Å². The van der Waals surface area contributed by atoms with Crippen LogP contribution < -0.4 is 0 Å². The second-order valence-corrected chi connectivity index (χ2v) is 3.63. The summed E-state index contributed by atoms with van der Waals surface area (Å²) in [6.45, 7) is 4.59. The Bertz CT molecular complexity index is 244. The van der Waals surface area contributed by atoms with Gasteiger partial charge in [-0.15, -0.1) is 0 Å². The van der Waals surface area contributed by atoms with Crippen LogP contribution in [0.1, 0.15) is 31.9 Å². The van der Waals surface area contributed by atoms with Crippen LogP contribution in [-0.2, 0) is 4.74 Å². The van der Waals surface area contributed by atoms with Gasteiger partial charge in [-0.2, -0.15) is 0 Å². The van der Waals surface area contributed by atoms with Crippen LogP contribution in [0.15, 0.2) is 30.3 Å². The number of benzene rings is 1. The lowest BCUT2D eigenvalue weighted by Crippen LogP contribution is -2.07. The van der Waals surface area contributed by atoms with Gasteiger partial charge in [0.2, 0.25) is 0 Å². The Labute approximate surface area is 85.5 Å². The van der Waals surface area contributed by atoms with Crippen molar-refractivity contribution >= 4 is 0 Å². The Hall–Kier alpha value is -0.860. The molecule has 0 radical (unpaired) electrons. The predicted molar refractivity (Wildman–Crippen MR) is 57.1 cm³/mol. The molecule has 0 bridgehead atoms. The van der Waals surface area contributed by atoms with E-state index in [9.17, 15) is 5.11 Å². The molecule has 1 atom stereocenters. The summed E-state index contributed by atoms with van der Waals surface area (Å²) < 4.78 is 5.37. The molecule has 0 aliphatic rings. The highest BCUT2D eigenvalue weighted by Gasteiger charge is 2.06. The Morgan fingerprint density at radius 2 is 1.86 bits per heavy atom. The lowest BCUT2D eigenvalue weighted by molar-refractivity contribution is 0.0465. The van der Waals surface area contributed by atoms with E-state index >= 15 is 0 Å². The van der Waals surface area contributed by atoms with Gasteiger partial charge in [-0.25, -0.2) is 0 Å². The van der Waals surface area contributed by atoms with E-state index in [1.165, 1.54) is 0 Å². The molecule has 2 nitrogen and oxygen atoms in total. The van der Waals surface area contributed by atoms with E-state index in [1.807, 2.05) is 44.2 Å². The molecule has 1 aromatic carbocycles. The molecule has 1 N–H and O–H groups in total. The predicted octanol–water partition coefficient (Wildman–Crippen LogP) is 2.54. The van der Waals surface area contributed by atoms with Gasteiger partial charge in [-0.3, -0.25) is 0 Å². The van der Waals surface area contributed by atoms with Gasteiger partial charge in [0, 0.05) is 13.0 Å². The molecule has 0 spiro atoms. The fourth-order valence-electron chi connectivity index (χ4n) is 1.26. The third-order valence-electron chi connectivity index (χ3n) is 2.03.